The number of aromatic nitrogens is 1. The summed E-state index contributed by atoms with van der Waals surface area (Å²) in [5, 5.41) is 9.99. The molecule has 0 bridgehead atoms. The fourth-order valence-electron chi connectivity index (χ4n) is 3.08. The molecule has 1 saturated heterocycles. The van der Waals surface area contributed by atoms with Crippen LogP contribution in [0.3, 0.4) is 0 Å². The van der Waals surface area contributed by atoms with Crippen molar-refractivity contribution < 1.29 is 14.3 Å². The number of nitrogens with zero attached hydrogens (tertiary/aromatic N) is 2. The van der Waals surface area contributed by atoms with Gasteiger partial charge in [0, 0.05) is 36.8 Å². The first-order valence-corrected chi connectivity index (χ1v) is 7.55. The lowest BCUT2D eigenvalue weighted by atomic mass is 9.97. The molecule has 1 aliphatic heterocycles. The number of carbonyl (C=O) groups is 1. The maximum atomic E-state index is 13.4. The number of fused-ring (bicyclic) bond motifs is 1. The number of amides is 1. The van der Waals surface area contributed by atoms with E-state index in [1.54, 1.807) is 24.0 Å². The van der Waals surface area contributed by atoms with Crippen molar-refractivity contribution in [1.29, 1.82) is 0 Å². The van der Waals surface area contributed by atoms with Gasteiger partial charge in [-0.15, -0.1) is 0 Å². The van der Waals surface area contributed by atoms with Crippen molar-refractivity contribution >= 4 is 16.8 Å². The van der Waals surface area contributed by atoms with Gasteiger partial charge in [0.25, 0.3) is 5.91 Å². The first-order valence-electron chi connectivity index (χ1n) is 7.55. The summed E-state index contributed by atoms with van der Waals surface area (Å²) in [6.45, 7) is 3.16. The topological polar surface area (TPSA) is 53.4 Å². The van der Waals surface area contributed by atoms with E-state index in [9.17, 15) is 14.3 Å². The number of benzene rings is 1. The zero-order valence-corrected chi connectivity index (χ0v) is 12.6. The molecule has 2 heterocycles. The quantitative estimate of drug-likeness (QED) is 0.927. The van der Waals surface area contributed by atoms with E-state index >= 15 is 0 Å². The van der Waals surface area contributed by atoms with Crippen LogP contribution in [0.2, 0.25) is 0 Å². The molecule has 116 valence electrons. The Hall–Kier alpha value is -2.01. The number of halogens is 1. The minimum atomic E-state index is -0.359. The largest absolute Gasteiger partial charge is 0.396 e. The summed E-state index contributed by atoms with van der Waals surface area (Å²) in [4.78, 5) is 18.9. The normalized spacial score (nSPS) is 18.7. The number of aliphatic hydroxyl groups excluding tert-OH is 1. The summed E-state index contributed by atoms with van der Waals surface area (Å²) >= 11 is 0. The summed E-state index contributed by atoms with van der Waals surface area (Å²) in [5.41, 5.74) is 1.75. The number of piperidine rings is 1. The van der Waals surface area contributed by atoms with E-state index in [0.29, 0.717) is 35.2 Å². The Bertz CT molecular complexity index is 712. The van der Waals surface area contributed by atoms with Gasteiger partial charge >= 0.3 is 0 Å². The maximum Gasteiger partial charge on any atom is 0.254 e. The summed E-state index contributed by atoms with van der Waals surface area (Å²) in [6.07, 6.45) is 1.84. The second-order valence-corrected chi connectivity index (χ2v) is 5.91. The molecule has 1 aliphatic rings. The van der Waals surface area contributed by atoms with Crippen LogP contribution in [0.15, 0.2) is 24.3 Å². The van der Waals surface area contributed by atoms with Gasteiger partial charge in [-0.1, -0.05) is 0 Å². The fraction of sp³-hybridized carbons (Fsp3) is 0.412. The lowest BCUT2D eigenvalue weighted by Gasteiger charge is -2.32. The molecule has 5 heteroatoms. The van der Waals surface area contributed by atoms with Gasteiger partial charge in [0.1, 0.15) is 5.82 Å². The molecule has 3 rings (SSSR count). The van der Waals surface area contributed by atoms with Crippen molar-refractivity contribution in [3.05, 3.63) is 41.3 Å². The van der Waals surface area contributed by atoms with Crippen molar-refractivity contribution in [3.8, 4) is 0 Å². The van der Waals surface area contributed by atoms with Crippen molar-refractivity contribution in [2.45, 2.75) is 19.8 Å². The van der Waals surface area contributed by atoms with Gasteiger partial charge in [-0.25, -0.2) is 4.39 Å². The van der Waals surface area contributed by atoms with Gasteiger partial charge < -0.3 is 10.0 Å². The molecule has 1 N–H and O–H groups in total. The number of rotatable bonds is 2. The molecule has 22 heavy (non-hydrogen) atoms. The van der Waals surface area contributed by atoms with Crippen molar-refractivity contribution in [1.82, 2.24) is 9.88 Å². The van der Waals surface area contributed by atoms with Crippen LogP contribution in [0.25, 0.3) is 10.9 Å². The molecule has 1 aromatic carbocycles. The molecular weight excluding hydrogens is 283 g/mol. The number of pyridine rings is 1. The van der Waals surface area contributed by atoms with Gasteiger partial charge in [-0.2, -0.15) is 0 Å². The first-order chi connectivity index (χ1) is 10.6. The molecule has 4 nitrogen and oxygen atoms in total. The predicted octanol–water partition coefficient (Wildman–Crippen LogP) is 2.53. The Balaban J connectivity index is 2.00. The third kappa shape index (κ3) is 2.81. The van der Waals surface area contributed by atoms with Gasteiger partial charge in [0.2, 0.25) is 0 Å². The van der Waals surface area contributed by atoms with E-state index in [1.807, 2.05) is 0 Å². The Morgan fingerprint density at radius 2 is 2.27 bits per heavy atom. The molecule has 0 saturated carbocycles. The highest BCUT2D eigenvalue weighted by Crippen LogP contribution is 2.24. The summed E-state index contributed by atoms with van der Waals surface area (Å²) in [5.74, 6) is -0.285. The number of carbonyl (C=O) groups excluding carboxylic acids is 1. The fourth-order valence-corrected chi connectivity index (χ4v) is 3.08. The molecule has 1 amide bonds. The number of aliphatic hydroxyl groups is 1. The minimum Gasteiger partial charge on any atom is -0.396 e. The molecule has 1 atom stereocenters. The zero-order valence-electron chi connectivity index (χ0n) is 12.6. The highest BCUT2D eigenvalue weighted by Gasteiger charge is 2.25. The van der Waals surface area contributed by atoms with Crippen LogP contribution in [0.1, 0.15) is 28.9 Å². The smallest absolute Gasteiger partial charge is 0.254 e. The first kappa shape index (κ1) is 14.9. The lowest BCUT2D eigenvalue weighted by Crippen LogP contribution is -2.41. The number of likely N-dealkylation sites (tertiary alicyclic amines) is 1. The molecule has 1 unspecified atom stereocenters. The monoisotopic (exact) mass is 302 g/mol. The van der Waals surface area contributed by atoms with Crippen molar-refractivity contribution in [3.63, 3.8) is 0 Å². The van der Waals surface area contributed by atoms with E-state index in [1.165, 1.54) is 12.1 Å². The summed E-state index contributed by atoms with van der Waals surface area (Å²) in [6, 6.07) is 6.07. The van der Waals surface area contributed by atoms with Crippen LogP contribution < -0.4 is 0 Å². The SMILES string of the molecule is Cc1cc(C(=O)N2CCCC(CO)C2)c2ccc(F)cc2n1. The predicted molar refractivity (Wildman–Crippen MR) is 82.2 cm³/mol. The van der Waals surface area contributed by atoms with Crippen LogP contribution in [-0.2, 0) is 0 Å². The summed E-state index contributed by atoms with van der Waals surface area (Å²) in [7, 11) is 0. The maximum absolute atomic E-state index is 13.4. The molecule has 0 spiro atoms. The lowest BCUT2D eigenvalue weighted by molar-refractivity contribution is 0.0622. The highest BCUT2D eigenvalue weighted by atomic mass is 19.1. The standard InChI is InChI=1S/C17H19FN2O2/c1-11-7-15(14-5-4-13(18)8-16(14)19-11)17(22)20-6-2-3-12(9-20)10-21/h4-5,7-8,12,21H,2-3,6,9-10H2,1H3. The van der Waals surface area contributed by atoms with E-state index in [-0.39, 0.29) is 24.2 Å². The molecule has 0 aliphatic carbocycles. The van der Waals surface area contributed by atoms with E-state index < -0.39 is 0 Å². The third-order valence-electron chi connectivity index (χ3n) is 4.19. The molecule has 1 aromatic heterocycles. The minimum absolute atomic E-state index is 0.0692. The molecule has 2 aromatic rings. The highest BCUT2D eigenvalue weighted by molar-refractivity contribution is 6.06. The number of aryl methyl sites for hydroxylation is 1. The van der Waals surface area contributed by atoms with Gasteiger partial charge in [0.05, 0.1) is 11.1 Å². The second kappa shape index (κ2) is 6.01. The third-order valence-corrected chi connectivity index (χ3v) is 4.19. The average molecular weight is 302 g/mol. The van der Waals surface area contributed by atoms with Crippen LogP contribution in [-0.4, -0.2) is 40.6 Å². The van der Waals surface area contributed by atoms with Gasteiger partial charge in [-0.05, 0) is 43.9 Å². The average Bonchev–Trinajstić information content (AvgIpc) is 2.53. The Labute approximate surface area is 128 Å². The van der Waals surface area contributed by atoms with Crippen LogP contribution in [0.5, 0.6) is 0 Å². The van der Waals surface area contributed by atoms with Crippen molar-refractivity contribution in [2.24, 2.45) is 5.92 Å². The molecular formula is C17H19FN2O2. The van der Waals surface area contributed by atoms with Gasteiger partial charge in [-0.3, -0.25) is 9.78 Å². The van der Waals surface area contributed by atoms with Crippen molar-refractivity contribution in [2.75, 3.05) is 19.7 Å². The Morgan fingerprint density at radius 1 is 1.45 bits per heavy atom. The molecule has 0 radical (unpaired) electrons. The van der Waals surface area contributed by atoms with Crippen LogP contribution >= 0.6 is 0 Å². The Kier molecular flexibility index (Phi) is 4.07. The summed E-state index contributed by atoms with van der Waals surface area (Å²) < 4.78 is 13.4. The number of hydrogen-bond donors (Lipinski definition) is 1. The molecule has 1 fully saturated rings. The number of hydrogen-bond acceptors (Lipinski definition) is 3. The zero-order chi connectivity index (χ0) is 15.7. The van der Waals surface area contributed by atoms with Gasteiger partial charge in [0.15, 0.2) is 0 Å². The van der Waals surface area contributed by atoms with E-state index in [0.717, 1.165) is 12.8 Å². The second-order valence-electron chi connectivity index (χ2n) is 5.91. The van der Waals surface area contributed by atoms with E-state index in [2.05, 4.69) is 4.98 Å². The van der Waals surface area contributed by atoms with Crippen LogP contribution in [0.4, 0.5) is 4.39 Å². The Morgan fingerprint density at radius 3 is 3.05 bits per heavy atom. The van der Waals surface area contributed by atoms with Crippen LogP contribution in [0, 0.1) is 18.7 Å². The van der Waals surface area contributed by atoms with E-state index in [4.69, 9.17) is 0 Å².